The number of nitriles is 1. The highest BCUT2D eigenvalue weighted by molar-refractivity contribution is 8.05. The van der Waals surface area contributed by atoms with Gasteiger partial charge in [-0.25, -0.2) is 4.39 Å². The lowest BCUT2D eigenvalue weighted by Crippen LogP contribution is -2.31. The highest BCUT2D eigenvalue weighted by Gasteiger charge is 2.40. The van der Waals surface area contributed by atoms with Gasteiger partial charge in [-0.05, 0) is 42.3 Å². The van der Waals surface area contributed by atoms with E-state index in [-0.39, 0.29) is 16.5 Å². The van der Waals surface area contributed by atoms with Crippen molar-refractivity contribution in [3.63, 3.8) is 0 Å². The van der Waals surface area contributed by atoms with E-state index in [4.69, 9.17) is 17.3 Å². The minimum atomic E-state index is -0.932. The summed E-state index contributed by atoms with van der Waals surface area (Å²) < 4.78 is 13.3. The molecule has 1 heterocycles. The molecule has 0 bridgehead atoms. The number of halogens is 2. The molecular formula is C19H13ClFN3O2S. The van der Waals surface area contributed by atoms with Gasteiger partial charge in [0.05, 0.1) is 5.25 Å². The van der Waals surface area contributed by atoms with Crippen molar-refractivity contribution in [1.82, 2.24) is 0 Å². The summed E-state index contributed by atoms with van der Waals surface area (Å²) in [5.74, 6) is -1.74. The van der Waals surface area contributed by atoms with Gasteiger partial charge in [-0.15, -0.1) is 0 Å². The predicted molar refractivity (Wildman–Crippen MR) is 102 cm³/mol. The van der Waals surface area contributed by atoms with Gasteiger partial charge in [0, 0.05) is 10.7 Å². The molecule has 5 nitrogen and oxygen atoms in total. The number of rotatable bonds is 4. The number of carbonyl (C=O) groups is 2. The highest BCUT2D eigenvalue weighted by atomic mass is 35.5. The largest absolute Gasteiger partial charge is 0.365 e. The average Bonchev–Trinajstić information content (AvgIpc) is 2.94. The number of primary amides is 1. The van der Waals surface area contributed by atoms with Gasteiger partial charge in [0.1, 0.15) is 22.5 Å². The molecule has 0 spiro atoms. The lowest BCUT2D eigenvalue weighted by molar-refractivity contribution is -0.117. The summed E-state index contributed by atoms with van der Waals surface area (Å²) in [4.78, 5) is 25.9. The van der Waals surface area contributed by atoms with Crippen molar-refractivity contribution >= 4 is 40.9 Å². The van der Waals surface area contributed by atoms with E-state index < -0.39 is 17.0 Å². The standard InChI is InChI=1S/C19H13ClFN3O2S/c20-15-4-2-1-3-11(15)9-16-18(26)24(13-7-5-12(21)6-8-13)19(27-16)14(10-22)17(23)25/h1-8,16H,9H2,(H2,23,25)/b19-14+/t16-/m1/s1. The van der Waals surface area contributed by atoms with Crippen LogP contribution in [-0.2, 0) is 16.0 Å². The van der Waals surface area contributed by atoms with E-state index in [2.05, 4.69) is 0 Å². The molecule has 0 saturated carbocycles. The summed E-state index contributed by atoms with van der Waals surface area (Å²) in [6.45, 7) is 0. The van der Waals surface area contributed by atoms with Crippen molar-refractivity contribution in [3.05, 3.63) is 75.5 Å². The zero-order valence-electron chi connectivity index (χ0n) is 13.9. The van der Waals surface area contributed by atoms with E-state index in [1.54, 1.807) is 24.3 Å². The fraction of sp³-hybridized carbons (Fsp3) is 0.105. The van der Waals surface area contributed by atoms with E-state index in [9.17, 15) is 19.2 Å². The minimum Gasteiger partial charge on any atom is -0.365 e. The van der Waals surface area contributed by atoms with Gasteiger partial charge in [0.15, 0.2) is 0 Å². The Labute approximate surface area is 164 Å². The number of nitrogens with two attached hydrogens (primary N) is 1. The second-order valence-electron chi connectivity index (χ2n) is 5.71. The van der Waals surface area contributed by atoms with E-state index in [0.29, 0.717) is 17.1 Å². The number of anilines is 1. The number of hydrogen-bond donors (Lipinski definition) is 1. The van der Waals surface area contributed by atoms with Crippen LogP contribution in [0.15, 0.2) is 59.1 Å². The van der Waals surface area contributed by atoms with Gasteiger partial charge in [-0.1, -0.05) is 41.6 Å². The molecule has 27 heavy (non-hydrogen) atoms. The summed E-state index contributed by atoms with van der Waals surface area (Å²) in [5.41, 5.74) is 6.10. The van der Waals surface area contributed by atoms with Crippen LogP contribution in [-0.4, -0.2) is 17.1 Å². The summed E-state index contributed by atoms with van der Waals surface area (Å²) in [6.07, 6.45) is 0.307. The second-order valence-corrected chi connectivity index (χ2v) is 7.31. The van der Waals surface area contributed by atoms with Crippen molar-refractivity contribution in [1.29, 1.82) is 5.26 Å². The summed E-state index contributed by atoms with van der Waals surface area (Å²) in [5, 5.41) is 9.38. The van der Waals surface area contributed by atoms with E-state index in [1.165, 1.54) is 29.2 Å². The molecule has 1 aliphatic rings. The monoisotopic (exact) mass is 401 g/mol. The van der Waals surface area contributed by atoms with Crippen molar-refractivity contribution < 1.29 is 14.0 Å². The zero-order chi connectivity index (χ0) is 19.6. The lowest BCUT2D eigenvalue weighted by atomic mass is 10.1. The van der Waals surface area contributed by atoms with Crippen LogP contribution >= 0.6 is 23.4 Å². The topological polar surface area (TPSA) is 87.2 Å². The molecule has 1 atom stereocenters. The van der Waals surface area contributed by atoms with Crippen LogP contribution in [0.25, 0.3) is 0 Å². The lowest BCUT2D eigenvalue weighted by Gasteiger charge is -2.18. The highest BCUT2D eigenvalue weighted by Crippen LogP contribution is 2.42. The molecule has 2 N–H and O–H groups in total. The first-order valence-electron chi connectivity index (χ1n) is 7.86. The first-order chi connectivity index (χ1) is 12.9. The maximum Gasteiger partial charge on any atom is 0.262 e. The van der Waals surface area contributed by atoms with Gasteiger partial charge < -0.3 is 5.73 Å². The SMILES string of the molecule is N#C/C(C(N)=O)=C1\S[C@H](Cc2ccccc2Cl)C(=O)N1c1ccc(F)cc1. The summed E-state index contributed by atoms with van der Waals surface area (Å²) >= 11 is 7.25. The molecule has 0 radical (unpaired) electrons. The third-order valence-corrected chi connectivity index (χ3v) is 5.60. The van der Waals surface area contributed by atoms with Gasteiger partial charge in [-0.2, -0.15) is 5.26 Å². The third-order valence-electron chi connectivity index (χ3n) is 3.97. The molecule has 8 heteroatoms. The molecule has 2 aromatic rings. The van der Waals surface area contributed by atoms with E-state index >= 15 is 0 Å². The van der Waals surface area contributed by atoms with E-state index in [1.807, 2.05) is 6.07 Å². The third kappa shape index (κ3) is 3.82. The number of amides is 2. The first kappa shape index (κ1) is 19.0. The molecule has 0 aromatic heterocycles. The fourth-order valence-corrected chi connectivity index (χ4v) is 4.20. The van der Waals surface area contributed by atoms with E-state index in [0.717, 1.165) is 17.3 Å². The number of nitrogens with zero attached hydrogens (tertiary/aromatic N) is 2. The van der Waals surface area contributed by atoms with Crippen LogP contribution in [0.2, 0.25) is 5.02 Å². The van der Waals surface area contributed by atoms with Crippen molar-refractivity contribution in [2.45, 2.75) is 11.7 Å². The average molecular weight is 402 g/mol. The van der Waals surface area contributed by atoms with Crippen molar-refractivity contribution in [3.8, 4) is 6.07 Å². The van der Waals surface area contributed by atoms with Crippen molar-refractivity contribution in [2.24, 2.45) is 5.73 Å². The minimum absolute atomic E-state index is 0.138. The Morgan fingerprint density at radius 2 is 1.93 bits per heavy atom. The van der Waals surface area contributed by atoms with Gasteiger partial charge >= 0.3 is 0 Å². The van der Waals surface area contributed by atoms with Gasteiger partial charge in [0.25, 0.3) is 5.91 Å². The quantitative estimate of drug-likeness (QED) is 0.628. The van der Waals surface area contributed by atoms with Crippen LogP contribution in [0.4, 0.5) is 10.1 Å². The Balaban J connectivity index is 2.05. The normalized spacial score (nSPS) is 18.3. The van der Waals surface area contributed by atoms with Gasteiger partial charge in [0.2, 0.25) is 5.91 Å². The predicted octanol–water partition coefficient (Wildman–Crippen LogP) is 3.39. The summed E-state index contributed by atoms with van der Waals surface area (Å²) in [7, 11) is 0. The number of carbonyl (C=O) groups excluding carboxylic acids is 2. The molecule has 2 aromatic carbocycles. The number of benzene rings is 2. The van der Waals surface area contributed by atoms with Gasteiger partial charge in [-0.3, -0.25) is 14.5 Å². The maximum absolute atomic E-state index is 13.3. The Hall–Kier alpha value is -2.82. The Morgan fingerprint density at radius 3 is 2.52 bits per heavy atom. The molecule has 1 fully saturated rings. The van der Waals surface area contributed by atoms with Crippen LogP contribution in [0.1, 0.15) is 5.56 Å². The van der Waals surface area contributed by atoms with Crippen LogP contribution < -0.4 is 10.6 Å². The molecule has 1 aliphatic heterocycles. The number of hydrogen-bond acceptors (Lipinski definition) is 4. The summed E-state index contributed by atoms with van der Waals surface area (Å²) in [6, 6.07) is 14.1. The molecule has 2 amide bonds. The molecule has 1 saturated heterocycles. The first-order valence-corrected chi connectivity index (χ1v) is 9.12. The Morgan fingerprint density at radius 1 is 1.26 bits per heavy atom. The smallest absolute Gasteiger partial charge is 0.262 e. The van der Waals surface area contributed by atoms with Crippen LogP contribution in [0.3, 0.4) is 0 Å². The van der Waals surface area contributed by atoms with Crippen LogP contribution in [0.5, 0.6) is 0 Å². The second kappa shape index (κ2) is 7.82. The maximum atomic E-state index is 13.3. The molecule has 0 unspecified atom stereocenters. The Bertz CT molecular complexity index is 985. The molecule has 0 aliphatic carbocycles. The molecule has 3 rings (SSSR count). The fourth-order valence-electron chi connectivity index (χ4n) is 2.69. The number of thioether (sulfide) groups is 1. The molecular weight excluding hydrogens is 389 g/mol. The molecule has 136 valence electrons. The van der Waals surface area contributed by atoms with Crippen LogP contribution in [0, 0.1) is 17.1 Å². The van der Waals surface area contributed by atoms with Crippen molar-refractivity contribution in [2.75, 3.05) is 4.90 Å². The Kier molecular flexibility index (Phi) is 5.49. The zero-order valence-corrected chi connectivity index (χ0v) is 15.4.